The molecule has 1 heterocycles. The van der Waals surface area contributed by atoms with E-state index in [1.54, 1.807) is 0 Å². The molecule has 92 valence electrons. The lowest BCUT2D eigenvalue weighted by atomic mass is 9.90. The summed E-state index contributed by atoms with van der Waals surface area (Å²) in [5, 5.41) is 2.98. The Kier molecular flexibility index (Phi) is 3.20. The maximum atomic E-state index is 11.4. The molecule has 3 heteroatoms. The van der Waals surface area contributed by atoms with E-state index >= 15 is 0 Å². The number of aryl methyl sites for hydroxylation is 1. The van der Waals surface area contributed by atoms with Crippen molar-refractivity contribution in [1.82, 2.24) is 4.90 Å². The summed E-state index contributed by atoms with van der Waals surface area (Å²) >= 11 is 0. The molecule has 0 fully saturated rings. The highest BCUT2D eigenvalue weighted by molar-refractivity contribution is 5.94. The van der Waals surface area contributed by atoms with Crippen molar-refractivity contribution in [2.45, 2.75) is 33.2 Å². The molecular formula is C14H20N2O. The molecule has 1 aliphatic heterocycles. The summed E-state index contributed by atoms with van der Waals surface area (Å²) in [7, 11) is 4.16. The summed E-state index contributed by atoms with van der Waals surface area (Å²) < 4.78 is 0. The van der Waals surface area contributed by atoms with E-state index in [-0.39, 0.29) is 5.91 Å². The minimum Gasteiger partial charge on any atom is -0.326 e. The molecule has 0 saturated carbocycles. The molecule has 0 unspecified atom stereocenters. The van der Waals surface area contributed by atoms with E-state index in [1.807, 2.05) is 0 Å². The molecule has 0 radical (unpaired) electrons. The van der Waals surface area contributed by atoms with Gasteiger partial charge in [0.25, 0.3) is 0 Å². The Hall–Kier alpha value is -1.35. The molecule has 0 saturated heterocycles. The third kappa shape index (κ3) is 2.34. The number of carbonyl (C=O) groups is 1. The number of hydrogen-bond donors (Lipinski definition) is 1. The summed E-state index contributed by atoms with van der Waals surface area (Å²) in [6, 6.07) is 2.10. The van der Waals surface area contributed by atoms with Crippen LogP contribution in [0.15, 0.2) is 6.07 Å². The molecule has 2 rings (SSSR count). The van der Waals surface area contributed by atoms with Crippen LogP contribution in [0.25, 0.3) is 0 Å². The van der Waals surface area contributed by atoms with Crippen molar-refractivity contribution in [3.63, 3.8) is 0 Å². The van der Waals surface area contributed by atoms with Crippen LogP contribution in [0.1, 0.15) is 28.7 Å². The van der Waals surface area contributed by atoms with Crippen LogP contribution in [0.3, 0.4) is 0 Å². The molecule has 0 aliphatic carbocycles. The smallest absolute Gasteiger partial charge is 0.224 e. The summed E-state index contributed by atoms with van der Waals surface area (Å²) in [4.78, 5) is 13.6. The first-order valence-electron chi connectivity index (χ1n) is 6.05. The predicted octanol–water partition coefficient (Wildman–Crippen LogP) is 2.25. The highest BCUT2D eigenvalue weighted by Crippen LogP contribution is 2.31. The number of carbonyl (C=O) groups excluding carboxylic acids is 1. The van der Waals surface area contributed by atoms with E-state index in [1.165, 1.54) is 22.3 Å². The predicted molar refractivity (Wildman–Crippen MR) is 70.3 cm³/mol. The Morgan fingerprint density at radius 3 is 2.65 bits per heavy atom. The third-order valence-electron chi connectivity index (χ3n) is 3.44. The number of nitrogens with zero attached hydrogens (tertiary/aromatic N) is 1. The summed E-state index contributed by atoms with van der Waals surface area (Å²) in [6.07, 6.45) is 1.47. The molecule has 0 atom stereocenters. The average Bonchev–Trinajstić information content (AvgIpc) is 2.24. The molecule has 3 nitrogen and oxygen atoms in total. The number of rotatable bonds is 2. The van der Waals surface area contributed by atoms with Crippen LogP contribution < -0.4 is 5.32 Å². The van der Waals surface area contributed by atoms with E-state index in [0.717, 1.165) is 18.7 Å². The van der Waals surface area contributed by atoms with Gasteiger partial charge in [-0.2, -0.15) is 0 Å². The van der Waals surface area contributed by atoms with Crippen LogP contribution in [0.2, 0.25) is 0 Å². The minimum absolute atomic E-state index is 0.136. The van der Waals surface area contributed by atoms with Crippen molar-refractivity contribution < 1.29 is 4.79 Å². The normalized spacial score (nSPS) is 14.8. The van der Waals surface area contributed by atoms with Crippen molar-refractivity contribution >= 4 is 11.6 Å². The summed E-state index contributed by atoms with van der Waals surface area (Å²) in [5.74, 6) is 0.136. The van der Waals surface area contributed by atoms with Gasteiger partial charge in [-0.05, 0) is 62.7 Å². The molecule has 1 aliphatic rings. The summed E-state index contributed by atoms with van der Waals surface area (Å²) in [6.45, 7) is 5.21. The zero-order chi connectivity index (χ0) is 12.6. The molecule has 0 spiro atoms. The van der Waals surface area contributed by atoms with Crippen molar-refractivity contribution in [3.05, 3.63) is 28.3 Å². The molecule has 1 N–H and O–H groups in total. The van der Waals surface area contributed by atoms with Gasteiger partial charge in [0.1, 0.15) is 0 Å². The van der Waals surface area contributed by atoms with Crippen LogP contribution >= 0.6 is 0 Å². The van der Waals surface area contributed by atoms with E-state index in [2.05, 4.69) is 44.2 Å². The first kappa shape index (κ1) is 12.1. The second-order valence-electron chi connectivity index (χ2n) is 5.11. The Bertz CT molecular complexity index is 464. The average molecular weight is 232 g/mol. The number of anilines is 1. The van der Waals surface area contributed by atoms with Gasteiger partial charge in [0, 0.05) is 18.7 Å². The lowest BCUT2D eigenvalue weighted by molar-refractivity contribution is -0.116. The van der Waals surface area contributed by atoms with Crippen LogP contribution in [0.4, 0.5) is 5.69 Å². The molecule has 1 aromatic carbocycles. The monoisotopic (exact) mass is 232 g/mol. The fourth-order valence-electron chi connectivity index (χ4n) is 2.42. The van der Waals surface area contributed by atoms with E-state index < -0.39 is 0 Å². The first-order chi connectivity index (χ1) is 7.99. The highest BCUT2D eigenvalue weighted by atomic mass is 16.1. The van der Waals surface area contributed by atoms with Gasteiger partial charge in [-0.3, -0.25) is 4.79 Å². The number of fused-ring (bicyclic) bond motifs is 1. The van der Waals surface area contributed by atoms with Gasteiger partial charge in [-0.1, -0.05) is 0 Å². The SMILES string of the molecule is Cc1cc2c(c(CN(C)C)c1C)CCC(=O)N2. The Morgan fingerprint density at radius 2 is 2.00 bits per heavy atom. The molecule has 1 amide bonds. The van der Waals surface area contributed by atoms with Gasteiger partial charge in [-0.15, -0.1) is 0 Å². The number of hydrogen-bond acceptors (Lipinski definition) is 2. The van der Waals surface area contributed by atoms with Crippen molar-refractivity contribution in [3.8, 4) is 0 Å². The standard InChI is InChI=1S/C14H20N2O/c1-9-7-13-11(5-6-14(17)15-13)12(10(9)2)8-16(3)4/h7H,5-6,8H2,1-4H3,(H,15,17). The van der Waals surface area contributed by atoms with Crippen LogP contribution in [0, 0.1) is 13.8 Å². The topological polar surface area (TPSA) is 32.3 Å². The van der Waals surface area contributed by atoms with Gasteiger partial charge in [0.05, 0.1) is 0 Å². The third-order valence-corrected chi connectivity index (χ3v) is 3.44. The number of amides is 1. The van der Waals surface area contributed by atoms with Crippen molar-refractivity contribution in [2.24, 2.45) is 0 Å². The van der Waals surface area contributed by atoms with Gasteiger partial charge in [0.2, 0.25) is 5.91 Å². The Balaban J connectivity index is 2.52. The second kappa shape index (κ2) is 4.49. The van der Waals surface area contributed by atoms with Crippen LogP contribution in [-0.2, 0) is 17.8 Å². The molecule has 0 aromatic heterocycles. The minimum atomic E-state index is 0.136. The van der Waals surface area contributed by atoms with Gasteiger partial charge in [0.15, 0.2) is 0 Å². The summed E-state index contributed by atoms with van der Waals surface area (Å²) in [5.41, 5.74) is 6.32. The maximum absolute atomic E-state index is 11.4. The van der Waals surface area contributed by atoms with Gasteiger partial charge >= 0.3 is 0 Å². The van der Waals surface area contributed by atoms with Crippen molar-refractivity contribution in [1.29, 1.82) is 0 Å². The quantitative estimate of drug-likeness (QED) is 0.848. The van der Waals surface area contributed by atoms with Crippen molar-refractivity contribution in [2.75, 3.05) is 19.4 Å². The van der Waals surface area contributed by atoms with E-state index in [9.17, 15) is 4.79 Å². The lowest BCUT2D eigenvalue weighted by Gasteiger charge is -2.25. The molecule has 17 heavy (non-hydrogen) atoms. The molecule has 0 bridgehead atoms. The second-order valence-corrected chi connectivity index (χ2v) is 5.11. The zero-order valence-corrected chi connectivity index (χ0v) is 11.1. The highest BCUT2D eigenvalue weighted by Gasteiger charge is 2.20. The van der Waals surface area contributed by atoms with E-state index in [0.29, 0.717) is 6.42 Å². The van der Waals surface area contributed by atoms with Crippen LogP contribution in [-0.4, -0.2) is 24.9 Å². The first-order valence-corrected chi connectivity index (χ1v) is 6.05. The number of nitrogens with one attached hydrogen (secondary N) is 1. The zero-order valence-electron chi connectivity index (χ0n) is 11.1. The molecular weight excluding hydrogens is 212 g/mol. The number of benzene rings is 1. The Labute approximate surface area is 103 Å². The largest absolute Gasteiger partial charge is 0.326 e. The molecule has 1 aromatic rings. The Morgan fingerprint density at radius 1 is 1.29 bits per heavy atom. The van der Waals surface area contributed by atoms with Crippen LogP contribution in [0.5, 0.6) is 0 Å². The maximum Gasteiger partial charge on any atom is 0.224 e. The fraction of sp³-hybridized carbons (Fsp3) is 0.500. The van der Waals surface area contributed by atoms with E-state index in [4.69, 9.17) is 0 Å². The van der Waals surface area contributed by atoms with Gasteiger partial charge < -0.3 is 10.2 Å². The lowest BCUT2D eigenvalue weighted by Crippen LogP contribution is -2.23. The fourth-order valence-corrected chi connectivity index (χ4v) is 2.42. The van der Waals surface area contributed by atoms with Gasteiger partial charge in [-0.25, -0.2) is 0 Å².